The summed E-state index contributed by atoms with van der Waals surface area (Å²) in [5, 5.41) is 10.7. The third-order valence-electron chi connectivity index (χ3n) is 7.19. The maximum absolute atomic E-state index is 12.9. The highest BCUT2D eigenvalue weighted by atomic mass is 16.5. The molecule has 6 heteroatoms. The van der Waals surface area contributed by atoms with Crippen molar-refractivity contribution in [3.05, 3.63) is 23.8 Å². The van der Waals surface area contributed by atoms with Crippen LogP contribution in [0, 0.1) is 11.3 Å². The molecule has 1 aliphatic carbocycles. The van der Waals surface area contributed by atoms with Crippen molar-refractivity contribution in [2.75, 3.05) is 20.2 Å². The number of benzene rings is 1. The molecule has 1 heterocycles. The lowest BCUT2D eigenvalue weighted by molar-refractivity contribution is -0.133. The molecular weight excluding hydrogens is 380 g/mol. The molecule has 1 saturated heterocycles. The minimum absolute atomic E-state index is 0.0161. The Morgan fingerprint density at radius 3 is 2.47 bits per heavy atom. The Labute approximate surface area is 180 Å². The van der Waals surface area contributed by atoms with Gasteiger partial charge in [-0.15, -0.1) is 0 Å². The van der Waals surface area contributed by atoms with Crippen LogP contribution in [0.1, 0.15) is 64.9 Å². The predicted octanol–water partition coefficient (Wildman–Crippen LogP) is 3.31. The van der Waals surface area contributed by atoms with Crippen LogP contribution in [0.5, 0.6) is 11.5 Å². The van der Waals surface area contributed by atoms with Crippen LogP contribution in [-0.4, -0.2) is 54.4 Å². The van der Waals surface area contributed by atoms with Crippen LogP contribution in [-0.2, 0) is 4.79 Å². The molecule has 0 spiro atoms. The molecule has 0 radical (unpaired) electrons. The second kappa shape index (κ2) is 9.15. The number of amides is 1. The largest absolute Gasteiger partial charge is 0.493 e. The SMILES string of the molecule is COc1ccc([C@@H]2CN(C(=O)[C@H](N)C(C)C)C[C@@]2(C)[C@@H](C)O)cc1OC1CCCC1. The number of hydrogen-bond acceptors (Lipinski definition) is 5. The fourth-order valence-electron chi connectivity index (χ4n) is 4.78. The van der Waals surface area contributed by atoms with E-state index in [2.05, 4.69) is 6.92 Å². The molecule has 3 rings (SSSR count). The molecule has 30 heavy (non-hydrogen) atoms. The third-order valence-corrected chi connectivity index (χ3v) is 7.19. The average Bonchev–Trinajstić information content (AvgIpc) is 3.35. The number of ether oxygens (including phenoxy) is 2. The van der Waals surface area contributed by atoms with E-state index in [0.717, 1.165) is 29.9 Å². The zero-order valence-corrected chi connectivity index (χ0v) is 19.1. The molecule has 3 N–H and O–H groups in total. The van der Waals surface area contributed by atoms with Gasteiger partial charge in [0.1, 0.15) is 0 Å². The molecule has 4 atom stereocenters. The monoisotopic (exact) mass is 418 g/mol. The molecular formula is C24H38N2O4. The van der Waals surface area contributed by atoms with Gasteiger partial charge in [-0.2, -0.15) is 0 Å². The highest BCUT2D eigenvalue weighted by Gasteiger charge is 2.49. The topological polar surface area (TPSA) is 85.0 Å². The van der Waals surface area contributed by atoms with Crippen LogP contribution in [0.25, 0.3) is 0 Å². The first kappa shape index (κ1) is 22.9. The van der Waals surface area contributed by atoms with Crippen molar-refractivity contribution in [1.29, 1.82) is 0 Å². The summed E-state index contributed by atoms with van der Waals surface area (Å²) in [5.41, 5.74) is 6.74. The van der Waals surface area contributed by atoms with Gasteiger partial charge in [-0.1, -0.05) is 26.8 Å². The number of aliphatic hydroxyl groups is 1. The summed E-state index contributed by atoms with van der Waals surface area (Å²) in [6.07, 6.45) is 4.18. The van der Waals surface area contributed by atoms with Gasteiger partial charge in [0, 0.05) is 24.4 Å². The molecule has 0 unspecified atom stereocenters. The minimum Gasteiger partial charge on any atom is -0.493 e. The van der Waals surface area contributed by atoms with Crippen LogP contribution in [0.2, 0.25) is 0 Å². The van der Waals surface area contributed by atoms with Gasteiger partial charge in [0.2, 0.25) is 5.91 Å². The summed E-state index contributed by atoms with van der Waals surface area (Å²) in [5.74, 6) is 1.48. The van der Waals surface area contributed by atoms with Gasteiger partial charge in [0.05, 0.1) is 25.4 Å². The number of nitrogens with two attached hydrogens (primary N) is 1. The third kappa shape index (κ3) is 4.45. The summed E-state index contributed by atoms with van der Waals surface area (Å²) in [4.78, 5) is 14.8. The maximum Gasteiger partial charge on any atom is 0.239 e. The lowest BCUT2D eigenvalue weighted by Gasteiger charge is -2.34. The molecule has 1 amide bonds. The van der Waals surface area contributed by atoms with Crippen molar-refractivity contribution >= 4 is 5.91 Å². The number of carbonyl (C=O) groups is 1. The number of carbonyl (C=O) groups excluding carboxylic acids is 1. The summed E-state index contributed by atoms with van der Waals surface area (Å²) < 4.78 is 11.8. The van der Waals surface area contributed by atoms with Crippen molar-refractivity contribution in [1.82, 2.24) is 4.90 Å². The first-order valence-corrected chi connectivity index (χ1v) is 11.2. The van der Waals surface area contributed by atoms with E-state index in [1.54, 1.807) is 7.11 Å². The molecule has 1 aliphatic heterocycles. The van der Waals surface area contributed by atoms with Gasteiger partial charge in [0.15, 0.2) is 11.5 Å². The molecule has 1 saturated carbocycles. The van der Waals surface area contributed by atoms with Crippen molar-refractivity contribution < 1.29 is 19.4 Å². The van der Waals surface area contributed by atoms with Gasteiger partial charge >= 0.3 is 0 Å². The molecule has 168 valence electrons. The molecule has 1 aromatic carbocycles. The van der Waals surface area contributed by atoms with E-state index in [4.69, 9.17) is 15.2 Å². The van der Waals surface area contributed by atoms with Gasteiger partial charge in [-0.05, 0) is 56.2 Å². The fraction of sp³-hybridized carbons (Fsp3) is 0.708. The van der Waals surface area contributed by atoms with E-state index < -0.39 is 17.6 Å². The maximum atomic E-state index is 12.9. The Hall–Kier alpha value is -1.79. The van der Waals surface area contributed by atoms with Crippen LogP contribution in [0.3, 0.4) is 0 Å². The van der Waals surface area contributed by atoms with E-state index >= 15 is 0 Å². The second-order valence-electron chi connectivity index (χ2n) is 9.66. The lowest BCUT2D eigenvalue weighted by atomic mass is 9.72. The Balaban J connectivity index is 1.90. The number of likely N-dealkylation sites (tertiary alicyclic amines) is 1. The first-order valence-electron chi connectivity index (χ1n) is 11.2. The summed E-state index contributed by atoms with van der Waals surface area (Å²) in [6, 6.07) is 5.48. The number of hydrogen-bond donors (Lipinski definition) is 2. The summed E-state index contributed by atoms with van der Waals surface area (Å²) in [6.45, 7) is 8.80. The fourth-order valence-corrected chi connectivity index (χ4v) is 4.78. The van der Waals surface area contributed by atoms with Crippen LogP contribution < -0.4 is 15.2 Å². The molecule has 2 fully saturated rings. The van der Waals surface area contributed by atoms with E-state index in [1.165, 1.54) is 12.8 Å². The van der Waals surface area contributed by atoms with E-state index in [-0.39, 0.29) is 23.8 Å². The smallest absolute Gasteiger partial charge is 0.239 e. The number of aliphatic hydroxyl groups excluding tert-OH is 1. The van der Waals surface area contributed by atoms with Crippen LogP contribution >= 0.6 is 0 Å². The number of rotatable bonds is 7. The highest BCUT2D eigenvalue weighted by molar-refractivity contribution is 5.82. The van der Waals surface area contributed by atoms with Crippen LogP contribution in [0.15, 0.2) is 18.2 Å². The zero-order valence-electron chi connectivity index (χ0n) is 19.1. The molecule has 6 nitrogen and oxygen atoms in total. The molecule has 0 aromatic heterocycles. The average molecular weight is 419 g/mol. The van der Waals surface area contributed by atoms with Gasteiger partial charge < -0.3 is 25.2 Å². The lowest BCUT2D eigenvalue weighted by Crippen LogP contribution is -2.46. The second-order valence-corrected chi connectivity index (χ2v) is 9.66. The first-order chi connectivity index (χ1) is 14.2. The highest BCUT2D eigenvalue weighted by Crippen LogP contribution is 2.47. The molecule has 1 aromatic rings. The van der Waals surface area contributed by atoms with Gasteiger partial charge in [-0.3, -0.25) is 4.79 Å². The quantitative estimate of drug-likeness (QED) is 0.710. The number of nitrogens with zero attached hydrogens (tertiary/aromatic N) is 1. The van der Waals surface area contributed by atoms with Gasteiger partial charge in [-0.25, -0.2) is 0 Å². The normalized spacial score (nSPS) is 26.8. The van der Waals surface area contributed by atoms with Crippen molar-refractivity contribution in [2.45, 2.75) is 77.5 Å². The molecule has 2 aliphatic rings. The standard InChI is InChI=1S/C24H38N2O4/c1-15(2)22(25)23(28)26-13-19(24(4,14-26)16(3)27)17-10-11-20(29-5)21(12-17)30-18-8-6-7-9-18/h10-12,15-16,18-19,22,27H,6-9,13-14,25H2,1-5H3/t16-,19+,22-,24+/m1/s1. The van der Waals surface area contributed by atoms with E-state index in [1.807, 2.05) is 43.9 Å². The van der Waals surface area contributed by atoms with E-state index in [9.17, 15) is 9.90 Å². The zero-order chi connectivity index (χ0) is 22.1. The van der Waals surface area contributed by atoms with Crippen molar-refractivity contribution in [3.8, 4) is 11.5 Å². The Morgan fingerprint density at radius 2 is 1.90 bits per heavy atom. The predicted molar refractivity (Wildman–Crippen MR) is 118 cm³/mol. The Morgan fingerprint density at radius 1 is 1.23 bits per heavy atom. The van der Waals surface area contributed by atoms with E-state index in [0.29, 0.717) is 13.1 Å². The molecule has 0 bridgehead atoms. The van der Waals surface area contributed by atoms with Crippen molar-refractivity contribution in [3.63, 3.8) is 0 Å². The minimum atomic E-state index is -0.572. The van der Waals surface area contributed by atoms with Crippen LogP contribution in [0.4, 0.5) is 0 Å². The van der Waals surface area contributed by atoms with Gasteiger partial charge in [0.25, 0.3) is 0 Å². The number of methoxy groups -OCH3 is 1. The van der Waals surface area contributed by atoms with Crippen molar-refractivity contribution in [2.24, 2.45) is 17.1 Å². The Kier molecular flexibility index (Phi) is 6.98. The summed E-state index contributed by atoms with van der Waals surface area (Å²) in [7, 11) is 1.65. The Bertz CT molecular complexity index is 745. The summed E-state index contributed by atoms with van der Waals surface area (Å²) >= 11 is 0.